The van der Waals surface area contributed by atoms with E-state index in [0.29, 0.717) is 16.9 Å². The molecule has 2 aromatic carbocycles. The number of hydrogen-bond donors (Lipinski definition) is 0. The van der Waals surface area contributed by atoms with Gasteiger partial charge in [-0.2, -0.15) is 0 Å². The Kier molecular flexibility index (Phi) is 16.5. The molecular formula is C27H31N3O15P-7. The van der Waals surface area contributed by atoms with E-state index in [1.807, 2.05) is 0 Å². The van der Waals surface area contributed by atoms with Crippen LogP contribution in [0.2, 0.25) is 0 Å². The number of carboxylic acid groups (broad SMARTS) is 3. The number of rotatable bonds is 24. The molecule has 1 unspecified atom stereocenters. The van der Waals surface area contributed by atoms with Gasteiger partial charge in [-0.15, -0.1) is 0 Å². The van der Waals surface area contributed by atoms with Gasteiger partial charge >= 0.3 is 0 Å². The lowest BCUT2D eigenvalue weighted by atomic mass is 10.1. The number of ether oxygens (including phenoxy) is 1. The molecule has 0 saturated heterocycles. The molecule has 0 saturated carbocycles. The Morgan fingerprint density at radius 2 is 1.11 bits per heavy atom. The molecule has 1 atom stereocenters. The van der Waals surface area contributed by atoms with Gasteiger partial charge in [0.15, 0.2) is 0 Å². The van der Waals surface area contributed by atoms with Crippen LogP contribution in [-0.4, -0.2) is 111 Å². The number of benzene rings is 2. The molecule has 0 amide bonds. The summed E-state index contributed by atoms with van der Waals surface area (Å²) in [6, 6.07) is 11.6. The molecule has 46 heavy (non-hydrogen) atoms. The maximum absolute atomic E-state index is 11.5. The van der Waals surface area contributed by atoms with E-state index in [-0.39, 0.29) is 58.3 Å². The number of carboxylic acids is 3. The summed E-state index contributed by atoms with van der Waals surface area (Å²) in [7, 11) is -5.20. The summed E-state index contributed by atoms with van der Waals surface area (Å²) in [6.45, 7) is -3.27. The number of aliphatic carboxylic acids is 3. The standard InChI is InChI=1S/C27H38N3O15P/c31-25(32)16-28(9-10-29(17-26(33)34)18-27(35)36)15-22(30(11-13-43-37)12-14-44-38)19-42-23-5-1-20(2-6-23)21-3-7-24(8-4-21)45-46(39,40)41/h1-8,22,37-38H,9-19H2,(H,31,32)(H,33,34)(H,35,36)(H2,39,40,41)/p-7. The third-order valence-corrected chi connectivity index (χ3v) is 6.84. The Labute approximate surface area is 263 Å². The molecule has 0 aliphatic heterocycles. The fraction of sp³-hybridized carbons (Fsp3) is 0.444. The van der Waals surface area contributed by atoms with Crippen molar-refractivity contribution in [3.05, 3.63) is 48.5 Å². The van der Waals surface area contributed by atoms with Crippen molar-refractivity contribution in [1.82, 2.24) is 14.7 Å². The second-order valence-corrected chi connectivity index (χ2v) is 10.9. The Balaban J connectivity index is 2.22. The van der Waals surface area contributed by atoms with E-state index >= 15 is 0 Å². The molecule has 0 heterocycles. The SMILES string of the molecule is O=C([O-])CN(CCN(CC(=O)[O-])CC(COc1ccc(-c2ccc(OP(=O)([O-])[O-])cc2)cc1)N(CCO[O-])CCO[O-])CC(=O)[O-]. The fourth-order valence-corrected chi connectivity index (χ4v) is 4.79. The van der Waals surface area contributed by atoms with Crippen molar-refractivity contribution < 1.29 is 73.6 Å². The molecule has 0 radical (unpaired) electrons. The number of phosphoric acid groups is 1. The lowest BCUT2D eigenvalue weighted by Gasteiger charge is -2.37. The lowest BCUT2D eigenvalue weighted by Crippen LogP contribution is -2.53. The summed E-state index contributed by atoms with van der Waals surface area (Å²) in [5.74, 6) is -4.35. The van der Waals surface area contributed by atoms with Gasteiger partial charge in [0.1, 0.15) is 25.9 Å². The van der Waals surface area contributed by atoms with Crippen LogP contribution in [0.1, 0.15) is 0 Å². The van der Waals surface area contributed by atoms with Crippen LogP contribution in [-0.2, 0) is 28.7 Å². The Hall–Kier alpha value is -3.68. The monoisotopic (exact) mass is 668 g/mol. The van der Waals surface area contributed by atoms with Crippen LogP contribution in [0.4, 0.5) is 0 Å². The first-order chi connectivity index (χ1) is 21.8. The molecule has 0 fully saturated rings. The van der Waals surface area contributed by atoms with Crippen LogP contribution in [0.25, 0.3) is 11.1 Å². The predicted octanol–water partition coefficient (Wildman–Crippen LogP) is -6.95. The van der Waals surface area contributed by atoms with Gasteiger partial charge < -0.3 is 73.6 Å². The van der Waals surface area contributed by atoms with Crippen molar-refractivity contribution in [2.45, 2.75) is 6.04 Å². The van der Waals surface area contributed by atoms with Gasteiger partial charge in [-0.05, 0) is 35.4 Å². The first kappa shape index (κ1) is 38.5. The second-order valence-electron chi connectivity index (χ2n) is 9.79. The minimum atomic E-state index is -5.20. The molecule has 19 heteroatoms. The molecule has 0 aliphatic rings. The summed E-state index contributed by atoms with van der Waals surface area (Å²) in [5.41, 5.74) is 1.36. The molecule has 0 N–H and O–H groups in total. The van der Waals surface area contributed by atoms with Gasteiger partial charge in [0.25, 0.3) is 0 Å². The van der Waals surface area contributed by atoms with Crippen molar-refractivity contribution in [2.75, 3.05) is 72.2 Å². The molecule has 0 bridgehead atoms. The molecule has 0 aliphatic carbocycles. The largest absolute Gasteiger partial charge is 0.780 e. The van der Waals surface area contributed by atoms with Crippen molar-refractivity contribution in [2.24, 2.45) is 0 Å². The fourth-order valence-electron chi connectivity index (χ4n) is 4.41. The molecule has 18 nitrogen and oxygen atoms in total. The number of phosphoric ester groups is 1. The van der Waals surface area contributed by atoms with Crippen molar-refractivity contribution in [1.29, 1.82) is 0 Å². The van der Waals surface area contributed by atoms with Gasteiger partial charge in [0.05, 0.1) is 23.9 Å². The zero-order valence-corrected chi connectivity index (χ0v) is 25.3. The quantitative estimate of drug-likeness (QED) is 0.0570. The van der Waals surface area contributed by atoms with Crippen LogP contribution >= 0.6 is 7.82 Å². The first-order valence-corrected chi connectivity index (χ1v) is 15.1. The number of hydrogen-bond acceptors (Lipinski definition) is 18. The highest BCUT2D eigenvalue weighted by Crippen LogP contribution is 2.31. The second kappa shape index (κ2) is 19.7. The van der Waals surface area contributed by atoms with Gasteiger partial charge in [-0.1, -0.05) is 24.3 Å². The summed E-state index contributed by atoms with van der Waals surface area (Å²) >= 11 is 0. The molecule has 0 aromatic heterocycles. The predicted molar refractivity (Wildman–Crippen MR) is 141 cm³/mol. The van der Waals surface area contributed by atoms with Gasteiger partial charge in [0.2, 0.25) is 0 Å². The minimum Gasteiger partial charge on any atom is -0.780 e. The van der Waals surface area contributed by atoms with E-state index in [1.165, 1.54) is 29.2 Å². The molecular weight excluding hydrogens is 637 g/mol. The third kappa shape index (κ3) is 15.5. The molecule has 2 rings (SSSR count). The molecule has 0 spiro atoms. The molecule has 2 aromatic rings. The number of carbonyl (C=O) groups excluding carboxylic acids is 3. The summed E-state index contributed by atoms with van der Waals surface area (Å²) < 4.78 is 21.1. The lowest BCUT2D eigenvalue weighted by molar-refractivity contribution is -0.690. The summed E-state index contributed by atoms with van der Waals surface area (Å²) in [5, 5.41) is 55.1. The summed E-state index contributed by atoms with van der Waals surface area (Å²) in [4.78, 5) is 67.0. The normalized spacial score (nSPS) is 12.4. The van der Waals surface area contributed by atoms with Crippen LogP contribution in [0, 0.1) is 0 Å². The van der Waals surface area contributed by atoms with E-state index in [0.717, 1.165) is 4.90 Å². The van der Waals surface area contributed by atoms with Crippen molar-refractivity contribution in [3.8, 4) is 22.6 Å². The van der Waals surface area contributed by atoms with Gasteiger partial charge in [-0.3, -0.25) is 14.7 Å². The highest BCUT2D eigenvalue weighted by atomic mass is 31.2. The Bertz CT molecular complexity index is 1250. The number of nitrogens with zero attached hydrogens (tertiary/aromatic N) is 3. The van der Waals surface area contributed by atoms with Crippen molar-refractivity contribution in [3.63, 3.8) is 0 Å². The average molecular weight is 669 g/mol. The average Bonchev–Trinajstić information content (AvgIpc) is 2.97. The minimum absolute atomic E-state index is 0.00562. The summed E-state index contributed by atoms with van der Waals surface area (Å²) in [6.07, 6.45) is 0. The zero-order valence-electron chi connectivity index (χ0n) is 24.4. The zero-order chi connectivity index (χ0) is 34.1. The van der Waals surface area contributed by atoms with Crippen LogP contribution in [0.3, 0.4) is 0 Å². The van der Waals surface area contributed by atoms with E-state index in [1.54, 1.807) is 29.2 Å². The number of carbonyl (C=O) groups is 3. The van der Waals surface area contributed by atoms with Crippen molar-refractivity contribution >= 4 is 25.7 Å². The van der Waals surface area contributed by atoms with Crippen LogP contribution in [0.5, 0.6) is 11.5 Å². The van der Waals surface area contributed by atoms with E-state index in [4.69, 9.17) is 4.74 Å². The van der Waals surface area contributed by atoms with E-state index < -0.39 is 51.4 Å². The molecule has 256 valence electrons. The maximum Gasteiger partial charge on any atom is 0.124 e. The Morgan fingerprint density at radius 1 is 0.674 bits per heavy atom. The van der Waals surface area contributed by atoms with Crippen LogP contribution < -0.4 is 44.9 Å². The van der Waals surface area contributed by atoms with E-state index in [9.17, 15) is 54.6 Å². The van der Waals surface area contributed by atoms with E-state index in [2.05, 4.69) is 14.3 Å². The van der Waals surface area contributed by atoms with Gasteiger partial charge in [-0.25, -0.2) is 0 Å². The Morgan fingerprint density at radius 3 is 1.54 bits per heavy atom. The third-order valence-electron chi connectivity index (χ3n) is 6.40. The highest BCUT2D eigenvalue weighted by molar-refractivity contribution is 7.43. The van der Waals surface area contributed by atoms with Gasteiger partial charge in [0, 0.05) is 65.6 Å². The maximum atomic E-state index is 11.5. The highest BCUT2D eigenvalue weighted by Gasteiger charge is 2.23. The van der Waals surface area contributed by atoms with Crippen LogP contribution in [0.15, 0.2) is 48.5 Å². The smallest absolute Gasteiger partial charge is 0.124 e. The first-order valence-electron chi connectivity index (χ1n) is 13.6. The topological polar surface area (TPSA) is 276 Å².